The van der Waals surface area contributed by atoms with E-state index in [-0.39, 0.29) is 11.9 Å². The number of carbonyl (C=O) groups is 1. The summed E-state index contributed by atoms with van der Waals surface area (Å²) in [5.41, 5.74) is 4.18. The number of rotatable bonds is 5. The molecule has 2 aromatic heterocycles. The number of likely N-dealkylation sites (tertiary alicyclic amines) is 1. The van der Waals surface area contributed by atoms with Crippen LogP contribution in [0.1, 0.15) is 40.8 Å². The molecular formula is C18H26N6O2. The van der Waals surface area contributed by atoms with E-state index in [9.17, 15) is 4.79 Å². The Labute approximate surface area is 153 Å². The SMILES string of the molecule is CCn1nc(CN2CCC(NC(=O)c3ccn(C)n3)C2)c2c1CCOC2. The molecule has 2 aliphatic heterocycles. The van der Waals surface area contributed by atoms with Gasteiger partial charge in [0, 0.05) is 63.1 Å². The molecule has 4 heterocycles. The number of aromatic nitrogens is 4. The minimum Gasteiger partial charge on any atom is -0.376 e. The van der Waals surface area contributed by atoms with Gasteiger partial charge in [-0.15, -0.1) is 0 Å². The summed E-state index contributed by atoms with van der Waals surface area (Å²) < 4.78 is 9.40. The van der Waals surface area contributed by atoms with E-state index in [1.165, 1.54) is 11.3 Å². The van der Waals surface area contributed by atoms with E-state index in [0.717, 1.165) is 51.3 Å². The van der Waals surface area contributed by atoms with Crippen molar-refractivity contribution in [2.45, 2.75) is 45.5 Å². The maximum absolute atomic E-state index is 12.3. The quantitative estimate of drug-likeness (QED) is 0.852. The number of carbonyl (C=O) groups excluding carboxylic acids is 1. The fourth-order valence-electron chi connectivity index (χ4n) is 3.87. The highest BCUT2D eigenvalue weighted by Crippen LogP contribution is 2.23. The second-order valence-electron chi connectivity index (χ2n) is 7.06. The molecule has 1 amide bonds. The van der Waals surface area contributed by atoms with Gasteiger partial charge in [0.05, 0.1) is 18.9 Å². The van der Waals surface area contributed by atoms with Crippen LogP contribution in [0.2, 0.25) is 0 Å². The summed E-state index contributed by atoms with van der Waals surface area (Å²) in [5, 5.41) is 12.1. The molecule has 1 saturated heterocycles. The molecule has 8 heteroatoms. The minimum atomic E-state index is -0.0986. The van der Waals surface area contributed by atoms with Gasteiger partial charge in [-0.05, 0) is 19.4 Å². The van der Waals surface area contributed by atoms with Gasteiger partial charge in [-0.25, -0.2) is 0 Å². The first-order valence-electron chi connectivity index (χ1n) is 9.32. The Morgan fingerprint density at radius 3 is 3.08 bits per heavy atom. The fraction of sp³-hybridized carbons (Fsp3) is 0.611. The summed E-state index contributed by atoms with van der Waals surface area (Å²) in [5.74, 6) is -0.0986. The van der Waals surface area contributed by atoms with Crippen LogP contribution in [-0.4, -0.2) is 56.1 Å². The zero-order valence-corrected chi connectivity index (χ0v) is 15.4. The minimum absolute atomic E-state index is 0.0986. The Balaban J connectivity index is 1.37. The molecule has 0 saturated carbocycles. The van der Waals surface area contributed by atoms with Crippen molar-refractivity contribution >= 4 is 5.91 Å². The van der Waals surface area contributed by atoms with E-state index in [1.54, 1.807) is 16.9 Å². The monoisotopic (exact) mass is 358 g/mol. The van der Waals surface area contributed by atoms with Gasteiger partial charge in [0.25, 0.3) is 5.91 Å². The number of amides is 1. The third kappa shape index (κ3) is 3.39. The van der Waals surface area contributed by atoms with E-state index < -0.39 is 0 Å². The summed E-state index contributed by atoms with van der Waals surface area (Å²) in [6, 6.07) is 1.90. The molecule has 0 aliphatic carbocycles. The van der Waals surface area contributed by atoms with Crippen LogP contribution in [0.5, 0.6) is 0 Å². The third-order valence-electron chi connectivity index (χ3n) is 5.21. The molecule has 0 bridgehead atoms. The average Bonchev–Trinajstić information content (AvgIpc) is 3.35. The topological polar surface area (TPSA) is 77.2 Å². The Morgan fingerprint density at radius 2 is 2.31 bits per heavy atom. The molecule has 0 radical (unpaired) electrons. The fourth-order valence-corrected chi connectivity index (χ4v) is 3.87. The predicted octanol–water partition coefficient (Wildman–Crippen LogP) is 0.714. The second-order valence-corrected chi connectivity index (χ2v) is 7.06. The molecule has 1 N–H and O–H groups in total. The van der Waals surface area contributed by atoms with E-state index in [1.807, 2.05) is 7.05 Å². The normalized spacial score (nSPS) is 20.3. The molecule has 4 rings (SSSR count). The molecule has 1 atom stereocenters. The highest BCUT2D eigenvalue weighted by Gasteiger charge is 2.28. The van der Waals surface area contributed by atoms with Crippen LogP contribution in [0.15, 0.2) is 12.3 Å². The maximum Gasteiger partial charge on any atom is 0.272 e. The summed E-state index contributed by atoms with van der Waals surface area (Å²) >= 11 is 0. The number of ether oxygens (including phenoxy) is 1. The lowest BCUT2D eigenvalue weighted by Gasteiger charge is -2.18. The number of nitrogens with zero attached hydrogens (tertiary/aromatic N) is 5. The first-order valence-corrected chi connectivity index (χ1v) is 9.32. The van der Waals surface area contributed by atoms with Crippen molar-refractivity contribution in [3.63, 3.8) is 0 Å². The molecule has 0 aromatic carbocycles. The predicted molar refractivity (Wildman–Crippen MR) is 95.6 cm³/mol. The van der Waals surface area contributed by atoms with Crippen molar-refractivity contribution in [3.8, 4) is 0 Å². The van der Waals surface area contributed by atoms with E-state index in [4.69, 9.17) is 9.84 Å². The highest BCUT2D eigenvalue weighted by atomic mass is 16.5. The summed E-state index contributed by atoms with van der Waals surface area (Å²) in [6.45, 7) is 7.09. The number of hydrogen-bond acceptors (Lipinski definition) is 5. The van der Waals surface area contributed by atoms with Crippen molar-refractivity contribution < 1.29 is 9.53 Å². The van der Waals surface area contributed by atoms with Crippen LogP contribution in [0.4, 0.5) is 0 Å². The Morgan fingerprint density at radius 1 is 1.42 bits per heavy atom. The molecule has 0 spiro atoms. The van der Waals surface area contributed by atoms with Crippen molar-refractivity contribution in [1.82, 2.24) is 29.8 Å². The molecule has 8 nitrogen and oxygen atoms in total. The third-order valence-corrected chi connectivity index (χ3v) is 5.21. The lowest BCUT2D eigenvalue weighted by molar-refractivity contribution is 0.0932. The van der Waals surface area contributed by atoms with Crippen LogP contribution in [0.25, 0.3) is 0 Å². The van der Waals surface area contributed by atoms with Gasteiger partial charge in [0.1, 0.15) is 5.69 Å². The lowest BCUT2D eigenvalue weighted by atomic mass is 10.1. The Hall–Kier alpha value is -2.19. The smallest absolute Gasteiger partial charge is 0.272 e. The standard InChI is InChI=1S/C18H26N6O2/c1-3-24-17-6-9-26-12-14(17)16(21-24)11-23-8-4-13(10-23)19-18(25)15-5-7-22(2)20-15/h5,7,13H,3-4,6,8-12H2,1-2H3,(H,19,25). The molecular weight excluding hydrogens is 332 g/mol. The number of aryl methyl sites for hydroxylation is 2. The van der Waals surface area contributed by atoms with Crippen molar-refractivity contribution in [2.24, 2.45) is 7.05 Å². The zero-order valence-electron chi connectivity index (χ0n) is 15.4. The first kappa shape index (κ1) is 17.2. The largest absolute Gasteiger partial charge is 0.376 e. The lowest BCUT2D eigenvalue weighted by Crippen LogP contribution is -2.37. The van der Waals surface area contributed by atoms with Crippen LogP contribution >= 0.6 is 0 Å². The number of fused-ring (bicyclic) bond motifs is 1. The molecule has 140 valence electrons. The molecule has 1 fully saturated rings. The van der Waals surface area contributed by atoms with Gasteiger partial charge in [0.15, 0.2) is 0 Å². The summed E-state index contributed by atoms with van der Waals surface area (Å²) in [4.78, 5) is 14.6. The first-order chi connectivity index (χ1) is 12.6. The molecule has 1 unspecified atom stereocenters. The zero-order chi connectivity index (χ0) is 18.1. The van der Waals surface area contributed by atoms with Gasteiger partial charge in [-0.1, -0.05) is 0 Å². The summed E-state index contributed by atoms with van der Waals surface area (Å²) in [6.07, 6.45) is 3.68. The van der Waals surface area contributed by atoms with Gasteiger partial charge >= 0.3 is 0 Å². The van der Waals surface area contributed by atoms with E-state index >= 15 is 0 Å². The second kappa shape index (κ2) is 7.20. The molecule has 2 aromatic rings. The van der Waals surface area contributed by atoms with Crippen LogP contribution in [0, 0.1) is 0 Å². The Kier molecular flexibility index (Phi) is 4.78. The molecule has 2 aliphatic rings. The van der Waals surface area contributed by atoms with Gasteiger partial charge in [-0.3, -0.25) is 19.1 Å². The summed E-state index contributed by atoms with van der Waals surface area (Å²) in [7, 11) is 1.81. The van der Waals surface area contributed by atoms with Crippen LogP contribution < -0.4 is 5.32 Å². The number of hydrogen-bond donors (Lipinski definition) is 1. The van der Waals surface area contributed by atoms with Gasteiger partial charge < -0.3 is 10.1 Å². The van der Waals surface area contributed by atoms with E-state index in [2.05, 4.69) is 26.9 Å². The van der Waals surface area contributed by atoms with Crippen LogP contribution in [0.3, 0.4) is 0 Å². The van der Waals surface area contributed by atoms with Crippen LogP contribution in [-0.2, 0) is 37.9 Å². The number of nitrogens with one attached hydrogen (secondary N) is 1. The maximum atomic E-state index is 12.3. The van der Waals surface area contributed by atoms with Crippen molar-refractivity contribution in [1.29, 1.82) is 0 Å². The van der Waals surface area contributed by atoms with E-state index in [0.29, 0.717) is 12.3 Å². The average molecular weight is 358 g/mol. The Bertz CT molecular complexity index is 796. The molecule has 26 heavy (non-hydrogen) atoms. The van der Waals surface area contributed by atoms with Crippen molar-refractivity contribution in [2.75, 3.05) is 19.7 Å². The highest BCUT2D eigenvalue weighted by molar-refractivity contribution is 5.92. The van der Waals surface area contributed by atoms with Gasteiger partial charge in [-0.2, -0.15) is 10.2 Å². The van der Waals surface area contributed by atoms with Crippen molar-refractivity contribution in [3.05, 3.63) is 34.9 Å². The van der Waals surface area contributed by atoms with Gasteiger partial charge in [0.2, 0.25) is 0 Å².